The van der Waals surface area contributed by atoms with Crippen LogP contribution in [0.5, 0.6) is 0 Å². The number of hydrogen-bond acceptors (Lipinski definition) is 7. The molecule has 1 fully saturated rings. The summed E-state index contributed by atoms with van der Waals surface area (Å²) >= 11 is 5.73. The lowest BCUT2D eigenvalue weighted by Gasteiger charge is -2.34. The third-order valence-corrected chi connectivity index (χ3v) is 3.52. The lowest BCUT2D eigenvalue weighted by atomic mass is 10.3. The molecule has 0 radical (unpaired) electrons. The number of piperazine rings is 1. The van der Waals surface area contributed by atoms with Gasteiger partial charge in [-0.05, 0) is 11.6 Å². The van der Waals surface area contributed by atoms with Crippen molar-refractivity contribution in [2.24, 2.45) is 0 Å². The molecule has 0 aliphatic carbocycles. The minimum absolute atomic E-state index is 0.114. The van der Waals surface area contributed by atoms with E-state index in [2.05, 4.69) is 24.9 Å². The van der Waals surface area contributed by atoms with Crippen molar-refractivity contribution in [3.8, 4) is 0 Å². The molecule has 0 unspecified atom stereocenters. The van der Waals surface area contributed by atoms with Crippen LogP contribution >= 0.6 is 11.6 Å². The maximum atomic E-state index is 12.5. The first-order valence-electron chi connectivity index (χ1n) is 6.67. The molecule has 23 heavy (non-hydrogen) atoms. The van der Waals surface area contributed by atoms with E-state index >= 15 is 0 Å². The molecule has 1 aliphatic rings. The molecule has 0 spiro atoms. The second kappa shape index (κ2) is 6.11. The molecule has 0 saturated carbocycles. The van der Waals surface area contributed by atoms with Crippen LogP contribution < -0.4 is 9.80 Å². The molecule has 2 aromatic rings. The molecular weight excluding hydrogens is 335 g/mol. The van der Waals surface area contributed by atoms with E-state index in [1.54, 1.807) is 4.90 Å². The highest BCUT2D eigenvalue weighted by molar-refractivity contribution is 6.28. The van der Waals surface area contributed by atoms with Gasteiger partial charge in [0.05, 0.1) is 5.56 Å². The third-order valence-electron chi connectivity index (χ3n) is 3.34. The maximum absolute atomic E-state index is 12.5. The molecule has 3 rings (SSSR count). The number of aromatic nitrogens is 5. The molecule has 0 aromatic carbocycles. The molecular formula is C12H11ClF3N7. The Morgan fingerprint density at radius 2 is 1.43 bits per heavy atom. The quantitative estimate of drug-likeness (QED) is 0.819. The average Bonchev–Trinajstić information content (AvgIpc) is 2.54. The van der Waals surface area contributed by atoms with Gasteiger partial charge in [-0.1, -0.05) is 0 Å². The van der Waals surface area contributed by atoms with Gasteiger partial charge in [0.2, 0.25) is 17.2 Å². The number of rotatable bonds is 2. The third kappa shape index (κ3) is 3.58. The number of alkyl halides is 3. The monoisotopic (exact) mass is 345 g/mol. The molecule has 0 atom stereocenters. The van der Waals surface area contributed by atoms with Gasteiger partial charge in [-0.25, -0.2) is 19.9 Å². The van der Waals surface area contributed by atoms with Crippen LogP contribution in [-0.2, 0) is 6.18 Å². The van der Waals surface area contributed by atoms with Gasteiger partial charge in [0, 0.05) is 38.6 Å². The van der Waals surface area contributed by atoms with Crippen LogP contribution in [0.1, 0.15) is 5.56 Å². The summed E-state index contributed by atoms with van der Waals surface area (Å²) in [6.07, 6.45) is -1.52. The first kappa shape index (κ1) is 15.7. The van der Waals surface area contributed by atoms with Crippen LogP contribution in [-0.4, -0.2) is 51.1 Å². The van der Waals surface area contributed by atoms with Crippen molar-refractivity contribution in [1.29, 1.82) is 0 Å². The van der Waals surface area contributed by atoms with E-state index in [1.807, 2.05) is 4.90 Å². The molecule has 11 heteroatoms. The Bertz CT molecular complexity index is 671. The average molecular weight is 346 g/mol. The van der Waals surface area contributed by atoms with Crippen molar-refractivity contribution in [2.45, 2.75) is 6.18 Å². The van der Waals surface area contributed by atoms with Crippen molar-refractivity contribution >= 4 is 23.5 Å². The maximum Gasteiger partial charge on any atom is 0.419 e. The Balaban J connectivity index is 1.65. The van der Waals surface area contributed by atoms with Crippen molar-refractivity contribution in [1.82, 2.24) is 24.9 Å². The van der Waals surface area contributed by atoms with E-state index in [0.717, 1.165) is 12.4 Å². The molecule has 122 valence electrons. The Labute approximate surface area is 134 Å². The fraction of sp³-hybridized carbons (Fsp3) is 0.417. The van der Waals surface area contributed by atoms with E-state index in [4.69, 9.17) is 11.6 Å². The van der Waals surface area contributed by atoms with Gasteiger partial charge in [0.25, 0.3) is 0 Å². The predicted octanol–water partition coefficient (Wildman–Crippen LogP) is 1.66. The topological polar surface area (TPSA) is 70.9 Å². The lowest BCUT2D eigenvalue weighted by molar-refractivity contribution is -0.138. The standard InChI is InChI=1S/C12H11ClF3N7/c13-9-19-7-20-11(21-9)23-3-1-22(2-4-23)10-17-5-8(6-18-10)12(14,15)16/h5-7H,1-4H2. The Morgan fingerprint density at radius 3 is 1.96 bits per heavy atom. The summed E-state index contributed by atoms with van der Waals surface area (Å²) in [5.41, 5.74) is -0.861. The molecule has 7 nitrogen and oxygen atoms in total. The summed E-state index contributed by atoms with van der Waals surface area (Å²) in [5.74, 6) is 0.740. The lowest BCUT2D eigenvalue weighted by Crippen LogP contribution is -2.47. The molecule has 0 amide bonds. The van der Waals surface area contributed by atoms with Gasteiger partial charge in [0.15, 0.2) is 0 Å². The van der Waals surface area contributed by atoms with Gasteiger partial charge in [-0.3, -0.25) is 0 Å². The largest absolute Gasteiger partial charge is 0.419 e. The van der Waals surface area contributed by atoms with Crippen LogP contribution in [0.4, 0.5) is 25.1 Å². The summed E-state index contributed by atoms with van der Waals surface area (Å²) < 4.78 is 37.5. The summed E-state index contributed by atoms with van der Waals surface area (Å²) in [5, 5.41) is 0.114. The zero-order valence-corrected chi connectivity index (χ0v) is 12.5. The van der Waals surface area contributed by atoms with Gasteiger partial charge in [-0.2, -0.15) is 18.2 Å². The number of halogens is 4. The van der Waals surface area contributed by atoms with Gasteiger partial charge >= 0.3 is 6.18 Å². The fourth-order valence-electron chi connectivity index (χ4n) is 2.16. The molecule has 0 N–H and O–H groups in total. The number of hydrogen-bond donors (Lipinski definition) is 0. The highest BCUT2D eigenvalue weighted by Gasteiger charge is 2.31. The van der Waals surface area contributed by atoms with Crippen molar-refractivity contribution in [2.75, 3.05) is 36.0 Å². The van der Waals surface area contributed by atoms with Crippen LogP contribution in [0.2, 0.25) is 5.28 Å². The minimum Gasteiger partial charge on any atom is -0.337 e. The summed E-state index contributed by atoms with van der Waals surface area (Å²) in [6, 6.07) is 0. The fourth-order valence-corrected chi connectivity index (χ4v) is 2.28. The van der Waals surface area contributed by atoms with Gasteiger partial charge in [-0.15, -0.1) is 0 Å². The number of nitrogens with zero attached hydrogens (tertiary/aromatic N) is 7. The highest BCUT2D eigenvalue weighted by Crippen LogP contribution is 2.28. The van der Waals surface area contributed by atoms with E-state index in [0.29, 0.717) is 32.1 Å². The second-order valence-electron chi connectivity index (χ2n) is 4.80. The van der Waals surface area contributed by atoms with Crippen LogP contribution in [0.25, 0.3) is 0 Å². The van der Waals surface area contributed by atoms with E-state index in [1.165, 1.54) is 6.33 Å². The van der Waals surface area contributed by atoms with Crippen molar-refractivity contribution < 1.29 is 13.2 Å². The van der Waals surface area contributed by atoms with E-state index < -0.39 is 11.7 Å². The SMILES string of the molecule is FC(F)(F)c1cnc(N2CCN(c3ncnc(Cl)n3)CC2)nc1. The van der Waals surface area contributed by atoms with Crippen molar-refractivity contribution in [3.63, 3.8) is 0 Å². The molecule has 0 bridgehead atoms. The molecule has 3 heterocycles. The van der Waals surface area contributed by atoms with Crippen LogP contribution in [0.3, 0.4) is 0 Å². The summed E-state index contributed by atoms with van der Waals surface area (Å²) in [6.45, 7) is 2.22. The molecule has 2 aromatic heterocycles. The normalized spacial score (nSPS) is 15.8. The first-order chi connectivity index (χ1) is 10.9. The predicted molar refractivity (Wildman–Crippen MR) is 76.3 cm³/mol. The first-order valence-corrected chi connectivity index (χ1v) is 7.05. The second-order valence-corrected chi connectivity index (χ2v) is 5.14. The summed E-state index contributed by atoms with van der Waals surface area (Å²) in [7, 11) is 0. The zero-order chi connectivity index (χ0) is 16.4. The summed E-state index contributed by atoms with van der Waals surface area (Å²) in [4.78, 5) is 23.1. The van der Waals surface area contributed by atoms with E-state index in [-0.39, 0.29) is 11.2 Å². The van der Waals surface area contributed by atoms with Crippen LogP contribution in [0.15, 0.2) is 18.7 Å². The van der Waals surface area contributed by atoms with Gasteiger partial charge in [0.1, 0.15) is 6.33 Å². The Hall–Kier alpha value is -2.23. The molecule has 1 saturated heterocycles. The molecule has 1 aliphatic heterocycles. The zero-order valence-electron chi connectivity index (χ0n) is 11.7. The van der Waals surface area contributed by atoms with Crippen LogP contribution in [0, 0.1) is 0 Å². The van der Waals surface area contributed by atoms with E-state index in [9.17, 15) is 13.2 Å². The smallest absolute Gasteiger partial charge is 0.337 e. The number of anilines is 2. The minimum atomic E-state index is -4.44. The highest BCUT2D eigenvalue weighted by atomic mass is 35.5. The van der Waals surface area contributed by atoms with Crippen molar-refractivity contribution in [3.05, 3.63) is 29.6 Å². The Morgan fingerprint density at radius 1 is 0.870 bits per heavy atom. The van der Waals surface area contributed by atoms with Gasteiger partial charge < -0.3 is 9.80 Å². The Kier molecular flexibility index (Phi) is 4.16.